The van der Waals surface area contributed by atoms with E-state index < -0.39 is 0 Å². The van der Waals surface area contributed by atoms with Crippen LogP contribution in [0.4, 0.5) is 0 Å². The van der Waals surface area contributed by atoms with Gasteiger partial charge in [0.05, 0.1) is 0 Å². The van der Waals surface area contributed by atoms with Gasteiger partial charge in [0.25, 0.3) is 0 Å². The van der Waals surface area contributed by atoms with Crippen molar-refractivity contribution in [3.05, 3.63) is 48.5 Å². The Morgan fingerprint density at radius 3 is 2.64 bits per heavy atom. The van der Waals surface area contributed by atoms with Gasteiger partial charge in [-0.2, -0.15) is 24.3 Å². The van der Waals surface area contributed by atoms with E-state index in [1.807, 2.05) is 18.2 Å². The van der Waals surface area contributed by atoms with Crippen LogP contribution in [0, 0.1) is 6.07 Å². The maximum absolute atomic E-state index is 3.35. The molecule has 0 saturated carbocycles. The van der Waals surface area contributed by atoms with Gasteiger partial charge in [-0.1, -0.05) is 23.7 Å². The fourth-order valence-corrected chi connectivity index (χ4v) is 1.74. The van der Waals surface area contributed by atoms with Gasteiger partial charge in [-0.05, 0) is 11.5 Å². The second-order valence-electron chi connectivity index (χ2n) is 3.14. The van der Waals surface area contributed by atoms with Gasteiger partial charge >= 0.3 is 0 Å². The Morgan fingerprint density at radius 2 is 1.71 bits per heavy atom. The van der Waals surface area contributed by atoms with Crippen LogP contribution < -0.4 is 0 Å². The van der Waals surface area contributed by atoms with E-state index in [4.69, 9.17) is 0 Å². The van der Waals surface area contributed by atoms with E-state index >= 15 is 0 Å². The molecule has 0 fully saturated rings. The number of rotatable bonds is 0. The average Bonchev–Trinajstić information content (AvgIpc) is 2.56. The first-order chi connectivity index (χ1) is 6.45. The van der Waals surface area contributed by atoms with Crippen LogP contribution in [0.2, 0.25) is 0 Å². The van der Waals surface area contributed by atoms with Gasteiger partial charge in [-0.25, -0.2) is 0 Å². The number of nitrogens with one attached hydrogen (secondary N) is 1. The molecule has 1 nitrogen and oxygen atoms in total. The molecular formula is C12H8NRe-. The third kappa shape index (κ3) is 1.28. The fraction of sp³-hybridized carbons (Fsp3) is 0. The van der Waals surface area contributed by atoms with Crippen molar-refractivity contribution in [2.75, 3.05) is 0 Å². The monoisotopic (exact) mass is 353 g/mol. The largest absolute Gasteiger partial charge is 0.407 e. The quantitative estimate of drug-likeness (QED) is 0.599. The summed E-state index contributed by atoms with van der Waals surface area (Å²) in [5.74, 6) is 0. The molecule has 2 heteroatoms. The number of para-hydroxylation sites is 1. The molecule has 69 valence electrons. The normalized spacial score (nSPS) is 10.3. The van der Waals surface area contributed by atoms with Crippen LogP contribution in [0.3, 0.4) is 0 Å². The molecule has 1 N–H and O–H groups in total. The predicted molar refractivity (Wildman–Crippen MR) is 54.6 cm³/mol. The van der Waals surface area contributed by atoms with E-state index in [-0.39, 0.29) is 20.4 Å². The first-order valence-electron chi connectivity index (χ1n) is 4.32. The number of hydrogen-bond acceptors (Lipinski definition) is 0. The minimum Gasteiger partial charge on any atom is -0.407 e. The third-order valence-electron chi connectivity index (χ3n) is 2.35. The molecule has 0 unspecified atom stereocenters. The Kier molecular flexibility index (Phi) is 2.41. The molecule has 1 heterocycles. The molecule has 0 saturated heterocycles. The van der Waals surface area contributed by atoms with Crippen LogP contribution >= 0.6 is 0 Å². The molecular weight excluding hydrogens is 344 g/mol. The number of fused-ring (bicyclic) bond motifs is 3. The summed E-state index contributed by atoms with van der Waals surface area (Å²) in [7, 11) is 0. The van der Waals surface area contributed by atoms with E-state index in [1.54, 1.807) is 0 Å². The Balaban J connectivity index is 0.000000750. The summed E-state index contributed by atoms with van der Waals surface area (Å²) in [6, 6.07) is 17.4. The van der Waals surface area contributed by atoms with Gasteiger partial charge in [0.2, 0.25) is 0 Å². The van der Waals surface area contributed by atoms with Gasteiger partial charge in [-0.3, -0.25) is 0 Å². The van der Waals surface area contributed by atoms with Crippen molar-refractivity contribution < 1.29 is 20.4 Å². The number of aromatic nitrogens is 1. The zero-order valence-electron chi connectivity index (χ0n) is 7.42. The fourth-order valence-electron chi connectivity index (χ4n) is 1.74. The number of benzene rings is 2. The van der Waals surface area contributed by atoms with E-state index in [0.717, 1.165) is 5.52 Å². The molecule has 0 spiro atoms. The smallest absolute Gasteiger partial charge is 0.0333 e. The van der Waals surface area contributed by atoms with Crippen molar-refractivity contribution in [3.8, 4) is 0 Å². The van der Waals surface area contributed by atoms with E-state index in [9.17, 15) is 0 Å². The molecule has 3 aromatic rings. The van der Waals surface area contributed by atoms with Crippen molar-refractivity contribution in [2.24, 2.45) is 0 Å². The zero-order chi connectivity index (χ0) is 8.67. The summed E-state index contributed by atoms with van der Waals surface area (Å²) < 4.78 is 0. The van der Waals surface area contributed by atoms with Crippen molar-refractivity contribution in [1.82, 2.24) is 4.98 Å². The van der Waals surface area contributed by atoms with Gasteiger partial charge in [0, 0.05) is 25.9 Å². The van der Waals surface area contributed by atoms with Crippen LogP contribution in [0.25, 0.3) is 21.8 Å². The molecule has 0 atom stereocenters. The van der Waals surface area contributed by atoms with E-state index in [1.165, 1.54) is 16.3 Å². The standard InChI is InChI=1S/C12H8N.Re/c1-3-7-11-9(5-1)10-6-2-4-8-12(10)13-11;/h1-3,5-8,13H;/q-1;. The second kappa shape index (κ2) is 3.57. The molecule has 0 aliphatic heterocycles. The predicted octanol–water partition coefficient (Wildman–Crippen LogP) is 3.12. The molecule has 0 aliphatic rings. The summed E-state index contributed by atoms with van der Waals surface area (Å²) in [6.07, 6.45) is 0. The SMILES string of the molecule is [Re].[c-]1ccc2c(c1)[nH]c1ccccc12. The maximum atomic E-state index is 3.35. The van der Waals surface area contributed by atoms with Crippen LogP contribution in [0.1, 0.15) is 0 Å². The summed E-state index contributed by atoms with van der Waals surface area (Å²) in [5, 5.41) is 2.56. The maximum Gasteiger partial charge on any atom is 0.0333 e. The minimum absolute atomic E-state index is 0. The number of hydrogen-bond donors (Lipinski definition) is 1. The summed E-state index contributed by atoms with van der Waals surface area (Å²) in [4.78, 5) is 3.35. The Hall–Kier alpha value is -1.10. The average molecular weight is 352 g/mol. The molecule has 2 aromatic carbocycles. The van der Waals surface area contributed by atoms with Gasteiger partial charge in [-0.15, -0.1) is 5.39 Å². The zero-order valence-corrected chi connectivity index (χ0v) is 10.1. The first-order valence-corrected chi connectivity index (χ1v) is 4.32. The minimum atomic E-state index is 0. The van der Waals surface area contributed by atoms with E-state index in [0.29, 0.717) is 0 Å². The molecule has 14 heavy (non-hydrogen) atoms. The molecule has 1 aromatic heterocycles. The summed E-state index contributed by atoms with van der Waals surface area (Å²) in [6.45, 7) is 0. The van der Waals surface area contributed by atoms with Gasteiger partial charge < -0.3 is 4.98 Å². The molecule has 3 rings (SSSR count). The summed E-state index contributed by atoms with van der Waals surface area (Å²) in [5.41, 5.74) is 2.35. The van der Waals surface area contributed by atoms with Crippen molar-refractivity contribution in [3.63, 3.8) is 0 Å². The van der Waals surface area contributed by atoms with Gasteiger partial charge in [0.1, 0.15) is 0 Å². The van der Waals surface area contributed by atoms with Crippen LogP contribution in [0.15, 0.2) is 42.5 Å². The number of aromatic amines is 1. The van der Waals surface area contributed by atoms with Crippen molar-refractivity contribution in [1.29, 1.82) is 0 Å². The van der Waals surface area contributed by atoms with Gasteiger partial charge in [0.15, 0.2) is 0 Å². The topological polar surface area (TPSA) is 15.8 Å². The van der Waals surface area contributed by atoms with E-state index in [2.05, 4.69) is 35.3 Å². The molecule has 1 radical (unpaired) electrons. The Bertz CT molecular complexity index is 518. The van der Waals surface area contributed by atoms with Crippen LogP contribution in [-0.4, -0.2) is 4.98 Å². The molecule has 0 amide bonds. The van der Waals surface area contributed by atoms with Crippen LogP contribution in [0.5, 0.6) is 0 Å². The molecule has 0 bridgehead atoms. The second-order valence-corrected chi connectivity index (χ2v) is 3.14. The molecule has 0 aliphatic carbocycles. The Labute approximate surface area is 95.8 Å². The van der Waals surface area contributed by atoms with Crippen molar-refractivity contribution >= 4 is 21.8 Å². The Morgan fingerprint density at radius 1 is 0.929 bits per heavy atom. The summed E-state index contributed by atoms with van der Waals surface area (Å²) >= 11 is 0. The van der Waals surface area contributed by atoms with Crippen LogP contribution in [-0.2, 0) is 20.4 Å². The third-order valence-corrected chi connectivity index (χ3v) is 2.35. The first kappa shape index (κ1) is 9.46. The number of H-pyrrole nitrogens is 1. The van der Waals surface area contributed by atoms with Crippen molar-refractivity contribution in [2.45, 2.75) is 0 Å².